The molecule has 1 heterocycles. The fourth-order valence-corrected chi connectivity index (χ4v) is 1.76. The smallest absolute Gasteiger partial charge is 0.130 e. The molecule has 2 rings (SSSR count). The molecule has 1 saturated heterocycles. The van der Waals surface area contributed by atoms with E-state index in [-0.39, 0.29) is 11.9 Å². The number of halogens is 2. The summed E-state index contributed by atoms with van der Waals surface area (Å²) in [5.74, 6) is -0.255. The van der Waals surface area contributed by atoms with Gasteiger partial charge in [0.2, 0.25) is 0 Å². The fourth-order valence-electron chi connectivity index (χ4n) is 1.43. The molecule has 0 bridgehead atoms. The van der Waals surface area contributed by atoms with Gasteiger partial charge in [-0.1, -0.05) is 22.0 Å². The lowest BCUT2D eigenvalue weighted by Gasteiger charge is -2.23. The van der Waals surface area contributed by atoms with Gasteiger partial charge in [0.25, 0.3) is 0 Å². The van der Waals surface area contributed by atoms with E-state index in [1.54, 1.807) is 12.1 Å². The number of ether oxygens (including phenoxy) is 2. The highest BCUT2D eigenvalue weighted by Crippen LogP contribution is 2.25. The van der Waals surface area contributed by atoms with Gasteiger partial charge in [0.05, 0.1) is 19.8 Å². The third kappa shape index (κ3) is 2.13. The van der Waals surface area contributed by atoms with Crippen molar-refractivity contribution < 1.29 is 13.9 Å². The predicted octanol–water partition coefficient (Wildman–Crippen LogP) is 2.68. The Bertz CT molecular complexity index is 324. The topological polar surface area (TPSA) is 18.5 Å². The molecule has 0 aromatic heterocycles. The summed E-state index contributed by atoms with van der Waals surface area (Å²) >= 11 is 3.21. The molecule has 0 aliphatic carbocycles. The number of rotatable bonds is 1. The highest BCUT2D eigenvalue weighted by Gasteiger charge is 2.19. The molecule has 1 aliphatic rings. The second kappa shape index (κ2) is 4.38. The summed E-state index contributed by atoms with van der Waals surface area (Å²) in [6, 6.07) is 4.96. The first-order chi connectivity index (χ1) is 6.77. The monoisotopic (exact) mass is 260 g/mol. The molecule has 4 heteroatoms. The second-order valence-corrected chi connectivity index (χ2v) is 4.02. The summed E-state index contributed by atoms with van der Waals surface area (Å²) < 4.78 is 24.8. The Morgan fingerprint density at radius 2 is 2.21 bits per heavy atom. The largest absolute Gasteiger partial charge is 0.376 e. The van der Waals surface area contributed by atoms with Crippen LogP contribution >= 0.6 is 15.9 Å². The zero-order valence-electron chi connectivity index (χ0n) is 7.50. The van der Waals surface area contributed by atoms with Crippen LogP contribution in [0.4, 0.5) is 4.39 Å². The maximum Gasteiger partial charge on any atom is 0.130 e. The standard InChI is InChI=1S/C10H10BrFO2/c11-7-1-2-8(9(12)5-7)10-6-13-3-4-14-10/h1-2,5,10H,3-4,6H2. The number of hydrogen-bond acceptors (Lipinski definition) is 2. The Labute approximate surface area is 90.1 Å². The molecule has 0 saturated carbocycles. The van der Waals surface area contributed by atoms with E-state index in [0.717, 1.165) is 4.47 Å². The van der Waals surface area contributed by atoms with Crippen LogP contribution in [0.3, 0.4) is 0 Å². The van der Waals surface area contributed by atoms with E-state index >= 15 is 0 Å². The maximum atomic E-state index is 13.5. The molecule has 1 fully saturated rings. The van der Waals surface area contributed by atoms with Gasteiger partial charge in [-0.05, 0) is 12.1 Å². The number of hydrogen-bond donors (Lipinski definition) is 0. The average molecular weight is 261 g/mol. The van der Waals surface area contributed by atoms with Gasteiger partial charge < -0.3 is 9.47 Å². The summed E-state index contributed by atoms with van der Waals surface area (Å²) in [5, 5.41) is 0. The zero-order chi connectivity index (χ0) is 9.97. The molecule has 0 spiro atoms. The summed E-state index contributed by atoms with van der Waals surface area (Å²) in [6.07, 6.45) is -0.267. The lowest BCUT2D eigenvalue weighted by molar-refractivity contribution is -0.0913. The summed E-state index contributed by atoms with van der Waals surface area (Å²) in [4.78, 5) is 0. The van der Waals surface area contributed by atoms with E-state index in [1.165, 1.54) is 6.07 Å². The highest BCUT2D eigenvalue weighted by atomic mass is 79.9. The normalized spacial score (nSPS) is 22.3. The molecule has 1 unspecified atom stereocenters. The van der Waals surface area contributed by atoms with Crippen molar-refractivity contribution in [3.8, 4) is 0 Å². The van der Waals surface area contributed by atoms with E-state index in [2.05, 4.69) is 15.9 Å². The van der Waals surface area contributed by atoms with Crippen LogP contribution in [-0.2, 0) is 9.47 Å². The van der Waals surface area contributed by atoms with E-state index in [4.69, 9.17) is 9.47 Å². The minimum Gasteiger partial charge on any atom is -0.376 e. The first-order valence-electron chi connectivity index (χ1n) is 4.41. The Morgan fingerprint density at radius 3 is 2.86 bits per heavy atom. The third-order valence-electron chi connectivity index (χ3n) is 2.13. The van der Waals surface area contributed by atoms with Gasteiger partial charge in [-0.2, -0.15) is 0 Å². The van der Waals surface area contributed by atoms with Gasteiger partial charge in [-0.25, -0.2) is 4.39 Å². The van der Waals surface area contributed by atoms with Crippen molar-refractivity contribution in [1.82, 2.24) is 0 Å². The molecule has 1 atom stereocenters. The first kappa shape index (κ1) is 10.1. The van der Waals surface area contributed by atoms with Crippen LogP contribution in [0.5, 0.6) is 0 Å². The van der Waals surface area contributed by atoms with Gasteiger partial charge >= 0.3 is 0 Å². The molecule has 2 nitrogen and oxygen atoms in total. The SMILES string of the molecule is Fc1cc(Br)ccc1C1COCCO1. The first-order valence-corrected chi connectivity index (χ1v) is 5.21. The lowest BCUT2D eigenvalue weighted by atomic mass is 10.1. The van der Waals surface area contributed by atoms with Crippen LogP contribution in [0.2, 0.25) is 0 Å². The third-order valence-corrected chi connectivity index (χ3v) is 2.62. The van der Waals surface area contributed by atoms with E-state index < -0.39 is 0 Å². The van der Waals surface area contributed by atoms with Crippen LogP contribution < -0.4 is 0 Å². The highest BCUT2D eigenvalue weighted by molar-refractivity contribution is 9.10. The van der Waals surface area contributed by atoms with Crippen molar-refractivity contribution in [2.75, 3.05) is 19.8 Å². The van der Waals surface area contributed by atoms with Crippen molar-refractivity contribution in [1.29, 1.82) is 0 Å². The van der Waals surface area contributed by atoms with Crippen LogP contribution in [0.25, 0.3) is 0 Å². The summed E-state index contributed by atoms with van der Waals surface area (Å²) in [7, 11) is 0. The minimum atomic E-state index is -0.267. The molecule has 0 amide bonds. The maximum absolute atomic E-state index is 13.5. The van der Waals surface area contributed by atoms with Gasteiger partial charge in [0, 0.05) is 10.0 Å². The molecule has 1 aromatic carbocycles. The molecule has 0 N–H and O–H groups in total. The molecule has 1 aromatic rings. The average Bonchev–Trinajstić information content (AvgIpc) is 2.19. The summed E-state index contributed by atoms with van der Waals surface area (Å²) in [5.41, 5.74) is 0.563. The van der Waals surface area contributed by atoms with Crippen molar-refractivity contribution in [3.63, 3.8) is 0 Å². The zero-order valence-corrected chi connectivity index (χ0v) is 9.09. The molecule has 14 heavy (non-hydrogen) atoms. The van der Waals surface area contributed by atoms with E-state index in [1.807, 2.05) is 0 Å². The predicted molar refractivity (Wildman–Crippen MR) is 53.6 cm³/mol. The Hall–Kier alpha value is -0.450. The van der Waals surface area contributed by atoms with Crippen LogP contribution in [0.15, 0.2) is 22.7 Å². The van der Waals surface area contributed by atoms with Crippen molar-refractivity contribution in [2.24, 2.45) is 0 Å². The van der Waals surface area contributed by atoms with Crippen LogP contribution in [-0.4, -0.2) is 19.8 Å². The molecule has 1 aliphatic heterocycles. The lowest BCUT2D eigenvalue weighted by Crippen LogP contribution is -2.22. The van der Waals surface area contributed by atoms with Gasteiger partial charge in [-0.15, -0.1) is 0 Å². The minimum absolute atomic E-state index is 0.255. The molecule has 76 valence electrons. The number of benzene rings is 1. The second-order valence-electron chi connectivity index (χ2n) is 3.10. The molecular formula is C10H10BrFO2. The Kier molecular flexibility index (Phi) is 3.15. The Morgan fingerprint density at radius 1 is 1.36 bits per heavy atom. The fraction of sp³-hybridized carbons (Fsp3) is 0.400. The van der Waals surface area contributed by atoms with E-state index in [9.17, 15) is 4.39 Å². The van der Waals surface area contributed by atoms with Gasteiger partial charge in [-0.3, -0.25) is 0 Å². The van der Waals surface area contributed by atoms with Crippen molar-refractivity contribution in [2.45, 2.75) is 6.10 Å². The quantitative estimate of drug-likeness (QED) is 0.773. The van der Waals surface area contributed by atoms with Gasteiger partial charge in [0.1, 0.15) is 11.9 Å². The van der Waals surface area contributed by atoms with Crippen LogP contribution in [0, 0.1) is 5.82 Å². The van der Waals surface area contributed by atoms with Crippen LogP contribution in [0.1, 0.15) is 11.7 Å². The molecule has 0 radical (unpaired) electrons. The van der Waals surface area contributed by atoms with Crippen molar-refractivity contribution in [3.05, 3.63) is 34.1 Å². The molecular weight excluding hydrogens is 251 g/mol. The van der Waals surface area contributed by atoms with Gasteiger partial charge in [0.15, 0.2) is 0 Å². The van der Waals surface area contributed by atoms with Crippen molar-refractivity contribution >= 4 is 15.9 Å². The Balaban J connectivity index is 2.22. The van der Waals surface area contributed by atoms with E-state index in [0.29, 0.717) is 25.4 Å². The summed E-state index contributed by atoms with van der Waals surface area (Å²) in [6.45, 7) is 1.55.